The first kappa shape index (κ1) is 94.5. The van der Waals surface area contributed by atoms with E-state index >= 15 is 0 Å². The maximum absolute atomic E-state index is 2.68. The van der Waals surface area contributed by atoms with Gasteiger partial charge in [0.15, 0.2) is 0 Å². The van der Waals surface area contributed by atoms with Gasteiger partial charge in [0.2, 0.25) is 0 Å². The Hall–Kier alpha value is -0.740. The van der Waals surface area contributed by atoms with Crippen molar-refractivity contribution in [2.24, 2.45) is 0 Å². The molecule has 0 heterocycles. The van der Waals surface area contributed by atoms with E-state index in [2.05, 4.69) is 67.2 Å². The zero-order chi connectivity index (χ0) is 25.6. The van der Waals surface area contributed by atoms with Crippen molar-refractivity contribution in [3.8, 4) is 11.8 Å². The highest BCUT2D eigenvalue weighted by molar-refractivity contribution is 5.02. The minimum absolute atomic E-state index is 0. The Morgan fingerprint density at radius 2 is 0.515 bits per heavy atom. The smallest absolute Gasteiger partial charge is 0.00271 e. The van der Waals surface area contributed by atoms with E-state index in [1.165, 1.54) is 24.0 Å². The molecule has 0 rings (SSSR count). The molecule has 33 heavy (non-hydrogen) atoms. The SMILES string of the molecule is C.C.C.C.C.CC.CC.CC.CC.CC#CC.CC(C)=C(C)C.CCC.CCC.CN(C)C. The maximum atomic E-state index is 2.68. The quantitative estimate of drug-likeness (QED) is 0.243. The minimum atomic E-state index is 0. The molecule has 1 nitrogen and oxygen atoms in total. The third-order valence-corrected chi connectivity index (χ3v) is 1.25. The summed E-state index contributed by atoms with van der Waals surface area (Å²) in [6.07, 6.45) is 2.50. The molecule has 0 aromatic rings. The maximum Gasteiger partial charge on any atom is -0.00271 e. The first-order valence-electron chi connectivity index (χ1n) is 11.7. The van der Waals surface area contributed by atoms with Crippen LogP contribution in [0.25, 0.3) is 0 Å². The van der Waals surface area contributed by atoms with Crippen LogP contribution >= 0.6 is 0 Å². The fourth-order valence-electron chi connectivity index (χ4n) is 0. The van der Waals surface area contributed by atoms with Gasteiger partial charge in [-0.3, -0.25) is 0 Å². The fraction of sp³-hybridized carbons (Fsp3) is 0.875. The summed E-state index contributed by atoms with van der Waals surface area (Å²) in [6.45, 7) is 36.6. The van der Waals surface area contributed by atoms with Gasteiger partial charge < -0.3 is 4.90 Å². The Labute approximate surface area is 223 Å². The van der Waals surface area contributed by atoms with E-state index in [0.717, 1.165) is 0 Å². The lowest BCUT2D eigenvalue weighted by molar-refractivity contribution is 0.505. The number of hydrogen-bond acceptors (Lipinski definition) is 1. The van der Waals surface area contributed by atoms with Crippen molar-refractivity contribution < 1.29 is 0 Å². The summed E-state index contributed by atoms with van der Waals surface area (Å²) < 4.78 is 0. The second kappa shape index (κ2) is 190. The van der Waals surface area contributed by atoms with Gasteiger partial charge in [0.1, 0.15) is 0 Å². The van der Waals surface area contributed by atoms with Gasteiger partial charge in [-0.15, -0.1) is 11.8 Å². The number of allylic oxidation sites excluding steroid dienone is 2. The number of rotatable bonds is 0. The first-order chi connectivity index (χ1) is 13.1. The van der Waals surface area contributed by atoms with Crippen molar-refractivity contribution in [2.45, 2.75) is 175 Å². The Morgan fingerprint density at radius 3 is 0.515 bits per heavy atom. The predicted octanol–water partition coefficient (Wildman–Crippen LogP) is 13.7. The fourth-order valence-corrected chi connectivity index (χ4v) is 0. The molecule has 0 radical (unpaired) electrons. The van der Waals surface area contributed by atoms with Crippen LogP contribution in [0.15, 0.2) is 11.1 Å². The Balaban J connectivity index is -0.0000000104. The van der Waals surface area contributed by atoms with E-state index in [-0.39, 0.29) is 37.1 Å². The van der Waals surface area contributed by atoms with E-state index in [9.17, 15) is 0 Å². The molecule has 220 valence electrons. The van der Waals surface area contributed by atoms with Crippen LogP contribution in [-0.2, 0) is 0 Å². The summed E-state index contributed by atoms with van der Waals surface area (Å²) in [6, 6.07) is 0. The molecule has 0 aromatic heterocycles. The highest BCUT2D eigenvalue weighted by Gasteiger charge is 1.75. The molecule has 0 bridgehead atoms. The lowest BCUT2D eigenvalue weighted by atomic mass is 10.2. The van der Waals surface area contributed by atoms with Crippen molar-refractivity contribution in [1.82, 2.24) is 4.90 Å². The van der Waals surface area contributed by atoms with Crippen molar-refractivity contribution in [1.29, 1.82) is 0 Å². The second-order valence-electron chi connectivity index (χ2n) is 5.26. The molecular formula is C32H87N. The lowest BCUT2D eigenvalue weighted by Gasteiger charge is -1.90. The van der Waals surface area contributed by atoms with Gasteiger partial charge in [-0.2, -0.15) is 0 Å². The zero-order valence-corrected chi connectivity index (χ0v) is 24.9. The summed E-state index contributed by atoms with van der Waals surface area (Å²) in [5, 5.41) is 0. The molecule has 0 N–H and O–H groups in total. The van der Waals surface area contributed by atoms with Crippen LogP contribution in [0.3, 0.4) is 0 Å². The highest BCUT2D eigenvalue weighted by atomic mass is 15.0. The van der Waals surface area contributed by atoms with Crippen LogP contribution in [-0.4, -0.2) is 26.0 Å². The Kier molecular flexibility index (Phi) is 546. The average molecular weight is 486 g/mol. The third-order valence-electron chi connectivity index (χ3n) is 1.25. The molecule has 0 aliphatic rings. The normalized spacial score (nSPS) is 4.79. The van der Waals surface area contributed by atoms with E-state index in [4.69, 9.17) is 0 Å². The van der Waals surface area contributed by atoms with Crippen LogP contribution in [0.1, 0.15) is 175 Å². The monoisotopic (exact) mass is 486 g/mol. The molecule has 0 aromatic carbocycles. The van der Waals surface area contributed by atoms with Crippen molar-refractivity contribution in [3.05, 3.63) is 11.1 Å². The van der Waals surface area contributed by atoms with Gasteiger partial charge in [0.25, 0.3) is 0 Å². The van der Waals surface area contributed by atoms with Crippen LogP contribution in [0, 0.1) is 11.8 Å². The summed E-state index contributed by atoms with van der Waals surface area (Å²) in [4.78, 5) is 2.00. The zero-order valence-electron chi connectivity index (χ0n) is 24.9. The van der Waals surface area contributed by atoms with E-state index in [0.29, 0.717) is 0 Å². The predicted molar refractivity (Wildman–Crippen MR) is 179 cm³/mol. The van der Waals surface area contributed by atoms with Crippen LogP contribution in [0.5, 0.6) is 0 Å². The van der Waals surface area contributed by atoms with Crippen molar-refractivity contribution in [2.75, 3.05) is 21.1 Å². The molecule has 0 unspecified atom stereocenters. The molecule has 1 heteroatoms. The molecule has 0 saturated heterocycles. The van der Waals surface area contributed by atoms with Gasteiger partial charge in [-0.25, -0.2) is 0 Å². The van der Waals surface area contributed by atoms with E-state index in [1.54, 1.807) is 0 Å². The summed E-state index contributed by atoms with van der Waals surface area (Å²) in [5.74, 6) is 5.36. The molecule has 0 fully saturated rings. The Bertz CT molecular complexity index is 186. The van der Waals surface area contributed by atoms with Crippen LogP contribution in [0.4, 0.5) is 0 Å². The summed E-state index contributed by atoms with van der Waals surface area (Å²) in [7, 11) is 6.00. The molecular weight excluding hydrogens is 398 g/mol. The van der Waals surface area contributed by atoms with E-state index in [1.807, 2.05) is 95.3 Å². The number of nitrogens with zero attached hydrogens (tertiary/aromatic N) is 1. The van der Waals surface area contributed by atoms with Crippen molar-refractivity contribution in [3.63, 3.8) is 0 Å². The Morgan fingerprint density at radius 1 is 0.455 bits per heavy atom. The van der Waals surface area contributed by atoms with Gasteiger partial charge in [-0.05, 0) is 62.7 Å². The molecule has 0 spiro atoms. The molecule has 0 aliphatic carbocycles. The lowest BCUT2D eigenvalue weighted by Crippen LogP contribution is -1.99. The first-order valence-corrected chi connectivity index (χ1v) is 11.7. The molecule has 0 amide bonds. The third kappa shape index (κ3) is 1470. The summed E-state index contributed by atoms with van der Waals surface area (Å²) >= 11 is 0. The van der Waals surface area contributed by atoms with Gasteiger partial charge in [0.05, 0.1) is 0 Å². The number of hydrogen-bond donors (Lipinski definition) is 0. The standard InChI is InChI=1S/C6H12.C4H6.C3H9N.2C3H8.4C2H6.5CH4/c1-5(2)6(3)4;1-3-4-2;1-4(2)3;2*1-3-2;4*1-2;;;;;/h1-4H3;1-2H3;1-3H3;2*3H2,1-2H3;4*1-2H3;5*1H4. The average Bonchev–Trinajstić information content (AvgIpc) is 2.69. The van der Waals surface area contributed by atoms with Gasteiger partial charge in [-0.1, -0.05) is 144 Å². The van der Waals surface area contributed by atoms with Crippen molar-refractivity contribution >= 4 is 0 Å². The van der Waals surface area contributed by atoms with Crippen LogP contribution < -0.4 is 0 Å². The van der Waals surface area contributed by atoms with Crippen LogP contribution in [0.2, 0.25) is 0 Å². The molecule has 0 saturated carbocycles. The molecule has 0 aliphatic heterocycles. The largest absolute Gasteiger partial charge is 0.312 e. The minimum Gasteiger partial charge on any atom is -0.312 e. The van der Waals surface area contributed by atoms with Gasteiger partial charge >= 0.3 is 0 Å². The second-order valence-corrected chi connectivity index (χ2v) is 5.26. The van der Waals surface area contributed by atoms with Gasteiger partial charge in [0, 0.05) is 0 Å². The summed E-state index contributed by atoms with van der Waals surface area (Å²) in [5.41, 5.74) is 2.85. The van der Waals surface area contributed by atoms with E-state index < -0.39 is 0 Å². The molecule has 0 atom stereocenters. The topological polar surface area (TPSA) is 3.24 Å². The highest BCUT2D eigenvalue weighted by Crippen LogP contribution is 1.96.